The zero-order chi connectivity index (χ0) is 16.7. The fraction of sp³-hybridized carbons (Fsp3) is 0.250. The van der Waals surface area contributed by atoms with E-state index in [-0.39, 0.29) is 11.0 Å². The number of aromatic nitrogens is 2. The van der Waals surface area contributed by atoms with Crippen molar-refractivity contribution in [2.24, 2.45) is 0 Å². The van der Waals surface area contributed by atoms with Crippen molar-refractivity contribution in [3.63, 3.8) is 0 Å². The molecule has 0 fully saturated rings. The van der Waals surface area contributed by atoms with Crippen LogP contribution in [0.2, 0.25) is 5.28 Å². The SMILES string of the molecule is CC.CC.Oc1cccc(-c2nc(Cl)nc3c(Br)csc23)c1. The predicted molar refractivity (Wildman–Crippen MR) is 99.9 cm³/mol. The molecule has 0 spiro atoms. The van der Waals surface area contributed by atoms with E-state index in [4.69, 9.17) is 11.6 Å². The number of fused-ring (bicyclic) bond motifs is 1. The summed E-state index contributed by atoms with van der Waals surface area (Å²) in [6.45, 7) is 8.00. The number of hydrogen-bond donors (Lipinski definition) is 1. The maximum Gasteiger partial charge on any atom is 0.223 e. The molecular formula is C16H18BrClN2OS. The van der Waals surface area contributed by atoms with Crippen LogP contribution in [-0.2, 0) is 0 Å². The van der Waals surface area contributed by atoms with Gasteiger partial charge in [0.25, 0.3) is 0 Å². The van der Waals surface area contributed by atoms with Gasteiger partial charge in [0.1, 0.15) is 11.3 Å². The summed E-state index contributed by atoms with van der Waals surface area (Å²) in [5.41, 5.74) is 2.34. The van der Waals surface area contributed by atoms with Crippen LogP contribution >= 0.6 is 38.9 Å². The zero-order valence-electron chi connectivity index (χ0n) is 12.9. The van der Waals surface area contributed by atoms with Crippen molar-refractivity contribution < 1.29 is 5.11 Å². The number of phenols is 1. The first kappa shape index (κ1) is 18.9. The van der Waals surface area contributed by atoms with Gasteiger partial charge in [-0.15, -0.1) is 11.3 Å². The van der Waals surface area contributed by atoms with E-state index in [1.807, 2.05) is 39.1 Å². The monoisotopic (exact) mass is 400 g/mol. The van der Waals surface area contributed by atoms with Gasteiger partial charge in [-0.2, -0.15) is 0 Å². The van der Waals surface area contributed by atoms with Gasteiger partial charge in [-0.25, -0.2) is 9.97 Å². The van der Waals surface area contributed by atoms with Crippen molar-refractivity contribution in [1.82, 2.24) is 9.97 Å². The maximum atomic E-state index is 9.54. The standard InChI is InChI=1S/C12H6BrClN2OS.2C2H6/c13-8-5-18-11-9(15-12(14)16-10(8)11)6-2-1-3-7(17)4-6;2*1-2/h1-5,17H;2*1-2H3. The molecule has 0 aliphatic carbocycles. The summed E-state index contributed by atoms with van der Waals surface area (Å²) in [6.07, 6.45) is 0. The third-order valence-electron chi connectivity index (χ3n) is 2.46. The molecule has 0 aliphatic rings. The lowest BCUT2D eigenvalue weighted by Crippen LogP contribution is -1.88. The number of hydrogen-bond acceptors (Lipinski definition) is 4. The van der Waals surface area contributed by atoms with E-state index < -0.39 is 0 Å². The van der Waals surface area contributed by atoms with Gasteiger partial charge in [-0.1, -0.05) is 39.8 Å². The maximum absolute atomic E-state index is 9.54. The minimum atomic E-state index is 0.194. The molecule has 3 nitrogen and oxygen atoms in total. The summed E-state index contributed by atoms with van der Waals surface area (Å²) in [6, 6.07) is 6.93. The zero-order valence-corrected chi connectivity index (χ0v) is 16.1. The Balaban J connectivity index is 0.000000561. The Hall–Kier alpha value is -1.17. The van der Waals surface area contributed by atoms with Gasteiger partial charge in [0.05, 0.1) is 14.9 Å². The number of thiophene rings is 1. The fourth-order valence-electron chi connectivity index (χ4n) is 1.71. The Labute approximate surface area is 148 Å². The molecule has 0 amide bonds. The first-order chi connectivity index (χ1) is 10.6. The molecule has 0 unspecified atom stereocenters. The average molecular weight is 402 g/mol. The summed E-state index contributed by atoms with van der Waals surface area (Å²) in [5, 5.41) is 11.7. The van der Waals surface area contributed by atoms with Gasteiger partial charge in [0.15, 0.2) is 0 Å². The van der Waals surface area contributed by atoms with Crippen molar-refractivity contribution in [3.05, 3.63) is 39.4 Å². The third-order valence-corrected chi connectivity index (χ3v) is 4.52. The third kappa shape index (κ3) is 4.18. The number of aromatic hydroxyl groups is 1. The minimum absolute atomic E-state index is 0.194. The molecule has 0 bridgehead atoms. The summed E-state index contributed by atoms with van der Waals surface area (Å²) >= 11 is 10.9. The Morgan fingerprint density at radius 2 is 1.82 bits per heavy atom. The van der Waals surface area contributed by atoms with Crippen molar-refractivity contribution in [2.45, 2.75) is 27.7 Å². The molecule has 1 N–H and O–H groups in total. The molecule has 1 aromatic carbocycles. The van der Waals surface area contributed by atoms with Gasteiger partial charge in [-0.3, -0.25) is 0 Å². The summed E-state index contributed by atoms with van der Waals surface area (Å²) in [4.78, 5) is 8.46. The Kier molecular flexibility index (Phi) is 7.79. The molecule has 22 heavy (non-hydrogen) atoms. The van der Waals surface area contributed by atoms with E-state index >= 15 is 0 Å². The number of rotatable bonds is 1. The summed E-state index contributed by atoms with van der Waals surface area (Å²) in [5.74, 6) is 0.200. The highest BCUT2D eigenvalue weighted by Gasteiger charge is 2.13. The van der Waals surface area contributed by atoms with E-state index in [0.717, 1.165) is 25.9 Å². The minimum Gasteiger partial charge on any atom is -0.508 e. The second-order valence-corrected chi connectivity index (χ2v) is 5.72. The highest BCUT2D eigenvalue weighted by Crippen LogP contribution is 2.36. The van der Waals surface area contributed by atoms with Crippen molar-refractivity contribution in [2.75, 3.05) is 0 Å². The first-order valence-corrected chi connectivity index (χ1v) is 9.10. The van der Waals surface area contributed by atoms with Crippen molar-refractivity contribution >= 4 is 49.1 Å². The summed E-state index contributed by atoms with van der Waals surface area (Å²) in [7, 11) is 0. The molecule has 6 heteroatoms. The van der Waals surface area contributed by atoms with E-state index in [0.29, 0.717) is 0 Å². The molecule has 0 radical (unpaired) electrons. The van der Waals surface area contributed by atoms with Crippen molar-refractivity contribution in [3.8, 4) is 17.0 Å². The Morgan fingerprint density at radius 1 is 1.14 bits per heavy atom. The fourth-order valence-corrected chi connectivity index (χ4v) is 3.45. The quantitative estimate of drug-likeness (QED) is 0.471. The smallest absolute Gasteiger partial charge is 0.223 e. The molecule has 118 valence electrons. The van der Waals surface area contributed by atoms with E-state index in [1.165, 1.54) is 11.3 Å². The van der Waals surface area contributed by atoms with Crippen LogP contribution in [0.3, 0.4) is 0 Å². The second kappa shape index (κ2) is 9.08. The normalized spacial score (nSPS) is 9.55. The molecule has 3 rings (SSSR count). The van der Waals surface area contributed by atoms with Crippen LogP contribution in [0.25, 0.3) is 21.5 Å². The lowest BCUT2D eigenvalue weighted by atomic mass is 10.1. The first-order valence-electron chi connectivity index (χ1n) is 7.05. The van der Waals surface area contributed by atoms with Crippen LogP contribution in [0.5, 0.6) is 5.75 Å². The molecule has 2 aromatic heterocycles. The summed E-state index contributed by atoms with van der Waals surface area (Å²) < 4.78 is 1.84. The van der Waals surface area contributed by atoms with Crippen LogP contribution in [0, 0.1) is 0 Å². The largest absolute Gasteiger partial charge is 0.508 e. The van der Waals surface area contributed by atoms with Crippen LogP contribution in [0.4, 0.5) is 0 Å². The van der Waals surface area contributed by atoms with Gasteiger partial charge < -0.3 is 5.11 Å². The van der Waals surface area contributed by atoms with Crippen LogP contribution in [-0.4, -0.2) is 15.1 Å². The molecule has 3 aromatic rings. The number of phenolic OH excluding ortho intramolecular Hbond substituents is 1. The Morgan fingerprint density at radius 3 is 2.45 bits per heavy atom. The number of halogens is 2. The number of benzene rings is 1. The lowest BCUT2D eigenvalue weighted by Gasteiger charge is -2.03. The van der Waals surface area contributed by atoms with Gasteiger partial charge in [0, 0.05) is 10.9 Å². The van der Waals surface area contributed by atoms with Gasteiger partial charge >= 0.3 is 0 Å². The van der Waals surface area contributed by atoms with E-state index in [2.05, 4.69) is 25.9 Å². The molecule has 2 heterocycles. The van der Waals surface area contributed by atoms with E-state index in [9.17, 15) is 5.11 Å². The van der Waals surface area contributed by atoms with Gasteiger partial charge in [-0.05, 0) is 39.7 Å². The van der Waals surface area contributed by atoms with Crippen molar-refractivity contribution in [1.29, 1.82) is 0 Å². The average Bonchev–Trinajstić information content (AvgIpc) is 2.92. The topological polar surface area (TPSA) is 46.0 Å². The molecular weight excluding hydrogens is 384 g/mol. The van der Waals surface area contributed by atoms with E-state index in [1.54, 1.807) is 18.2 Å². The molecule has 0 aliphatic heterocycles. The predicted octanol–water partition coefficient (Wildman–Crippen LogP) is 6.53. The van der Waals surface area contributed by atoms with Gasteiger partial charge in [0.2, 0.25) is 5.28 Å². The van der Waals surface area contributed by atoms with Crippen LogP contribution in [0.15, 0.2) is 34.1 Å². The highest BCUT2D eigenvalue weighted by atomic mass is 79.9. The second-order valence-electron chi connectivity index (χ2n) is 3.65. The molecule has 0 saturated heterocycles. The van der Waals surface area contributed by atoms with Crippen LogP contribution < -0.4 is 0 Å². The molecule has 0 atom stereocenters. The lowest BCUT2D eigenvalue weighted by molar-refractivity contribution is 0.475. The molecule has 0 saturated carbocycles. The Bertz CT molecular complexity index is 746. The highest BCUT2D eigenvalue weighted by molar-refractivity contribution is 9.10. The number of nitrogens with zero attached hydrogens (tertiary/aromatic N) is 2. The van der Waals surface area contributed by atoms with Crippen LogP contribution in [0.1, 0.15) is 27.7 Å².